The molecule has 112 valence electrons. The van der Waals surface area contributed by atoms with Crippen molar-refractivity contribution < 1.29 is 4.74 Å². The molecule has 0 radical (unpaired) electrons. The quantitative estimate of drug-likeness (QED) is 0.672. The molecular formula is C17H17N3OS. The SMILES string of the molecule is COc1cc(SCc2ccccc2)cc(-c2cn(C)cn2)n1. The zero-order valence-corrected chi connectivity index (χ0v) is 13.4. The summed E-state index contributed by atoms with van der Waals surface area (Å²) in [6.45, 7) is 0. The van der Waals surface area contributed by atoms with Crippen molar-refractivity contribution in [2.75, 3.05) is 7.11 Å². The van der Waals surface area contributed by atoms with Gasteiger partial charge in [0.2, 0.25) is 5.88 Å². The van der Waals surface area contributed by atoms with Gasteiger partial charge in [0.25, 0.3) is 0 Å². The summed E-state index contributed by atoms with van der Waals surface area (Å²) in [7, 11) is 3.58. The molecule has 0 fully saturated rings. The molecule has 3 rings (SSSR count). The second kappa shape index (κ2) is 6.66. The molecule has 0 unspecified atom stereocenters. The molecule has 4 nitrogen and oxygen atoms in total. The molecule has 0 aliphatic heterocycles. The predicted molar refractivity (Wildman–Crippen MR) is 89.0 cm³/mol. The van der Waals surface area contributed by atoms with Gasteiger partial charge in [0.1, 0.15) is 5.69 Å². The van der Waals surface area contributed by atoms with Crippen molar-refractivity contribution in [3.8, 4) is 17.3 Å². The van der Waals surface area contributed by atoms with Gasteiger partial charge in [0.05, 0.1) is 19.1 Å². The van der Waals surface area contributed by atoms with Crippen LogP contribution in [0.4, 0.5) is 0 Å². The largest absolute Gasteiger partial charge is 0.481 e. The van der Waals surface area contributed by atoms with Crippen LogP contribution in [-0.4, -0.2) is 21.6 Å². The van der Waals surface area contributed by atoms with E-state index in [1.165, 1.54) is 5.56 Å². The van der Waals surface area contributed by atoms with Crippen LogP contribution >= 0.6 is 11.8 Å². The molecule has 0 amide bonds. The van der Waals surface area contributed by atoms with Crippen molar-refractivity contribution in [2.45, 2.75) is 10.6 Å². The van der Waals surface area contributed by atoms with Crippen LogP contribution in [0.3, 0.4) is 0 Å². The molecule has 0 aliphatic carbocycles. The lowest BCUT2D eigenvalue weighted by Gasteiger charge is -2.07. The molecule has 0 saturated carbocycles. The van der Waals surface area contributed by atoms with Crippen LogP contribution in [0.25, 0.3) is 11.4 Å². The average Bonchev–Trinajstić information content (AvgIpc) is 3.00. The summed E-state index contributed by atoms with van der Waals surface area (Å²) in [4.78, 5) is 9.96. The van der Waals surface area contributed by atoms with Crippen molar-refractivity contribution in [3.63, 3.8) is 0 Å². The number of methoxy groups -OCH3 is 1. The number of nitrogens with zero attached hydrogens (tertiary/aromatic N) is 3. The Balaban J connectivity index is 1.84. The van der Waals surface area contributed by atoms with E-state index in [0.29, 0.717) is 5.88 Å². The summed E-state index contributed by atoms with van der Waals surface area (Å²) in [5, 5.41) is 0. The summed E-state index contributed by atoms with van der Waals surface area (Å²) >= 11 is 1.76. The van der Waals surface area contributed by atoms with Crippen molar-refractivity contribution in [1.29, 1.82) is 0 Å². The van der Waals surface area contributed by atoms with E-state index in [1.807, 2.05) is 29.9 Å². The maximum atomic E-state index is 5.32. The molecule has 2 aromatic heterocycles. The summed E-state index contributed by atoms with van der Waals surface area (Å²) in [6, 6.07) is 14.4. The first kappa shape index (κ1) is 14.7. The molecule has 0 atom stereocenters. The van der Waals surface area contributed by atoms with E-state index in [1.54, 1.807) is 25.2 Å². The van der Waals surface area contributed by atoms with Gasteiger partial charge in [-0.2, -0.15) is 0 Å². The number of imidazole rings is 1. The molecule has 3 aromatic rings. The second-order valence-corrected chi connectivity index (χ2v) is 5.98. The van der Waals surface area contributed by atoms with Crippen molar-refractivity contribution in [3.05, 3.63) is 60.6 Å². The third-order valence-electron chi connectivity index (χ3n) is 3.20. The number of pyridine rings is 1. The van der Waals surface area contributed by atoms with E-state index in [4.69, 9.17) is 4.74 Å². The Bertz CT molecular complexity index is 756. The summed E-state index contributed by atoms with van der Waals surface area (Å²) in [6.07, 6.45) is 3.72. The Labute approximate surface area is 134 Å². The van der Waals surface area contributed by atoms with Crippen LogP contribution in [0.15, 0.2) is 59.9 Å². The van der Waals surface area contributed by atoms with E-state index < -0.39 is 0 Å². The lowest BCUT2D eigenvalue weighted by molar-refractivity contribution is 0.397. The molecule has 0 aliphatic rings. The number of ether oxygens (including phenoxy) is 1. The monoisotopic (exact) mass is 311 g/mol. The second-order valence-electron chi connectivity index (χ2n) is 4.93. The van der Waals surface area contributed by atoms with Crippen LogP contribution in [-0.2, 0) is 12.8 Å². The fourth-order valence-electron chi connectivity index (χ4n) is 2.09. The van der Waals surface area contributed by atoms with Gasteiger partial charge in [-0.1, -0.05) is 30.3 Å². The summed E-state index contributed by atoms with van der Waals surface area (Å²) in [5.41, 5.74) is 2.97. The molecule has 5 heteroatoms. The molecule has 2 heterocycles. The molecule has 22 heavy (non-hydrogen) atoms. The fourth-order valence-corrected chi connectivity index (χ4v) is 2.99. The number of thioether (sulfide) groups is 1. The third-order valence-corrected chi connectivity index (χ3v) is 4.25. The Morgan fingerprint density at radius 3 is 2.64 bits per heavy atom. The van der Waals surface area contributed by atoms with Gasteiger partial charge < -0.3 is 9.30 Å². The van der Waals surface area contributed by atoms with Gasteiger partial charge in [0, 0.05) is 30.0 Å². The topological polar surface area (TPSA) is 39.9 Å². The number of rotatable bonds is 5. The smallest absolute Gasteiger partial charge is 0.214 e. The van der Waals surface area contributed by atoms with Gasteiger partial charge >= 0.3 is 0 Å². The Hall–Kier alpha value is -2.27. The Morgan fingerprint density at radius 1 is 1.14 bits per heavy atom. The number of aromatic nitrogens is 3. The minimum atomic E-state index is 0.610. The Morgan fingerprint density at radius 2 is 1.95 bits per heavy atom. The van der Waals surface area contributed by atoms with Crippen LogP contribution in [0, 0.1) is 0 Å². The number of aryl methyl sites for hydroxylation is 1. The van der Waals surface area contributed by atoms with Gasteiger partial charge in [0.15, 0.2) is 0 Å². The van der Waals surface area contributed by atoms with E-state index in [0.717, 1.165) is 22.0 Å². The maximum absolute atomic E-state index is 5.32. The molecule has 0 saturated heterocycles. The minimum Gasteiger partial charge on any atom is -0.481 e. The van der Waals surface area contributed by atoms with Crippen LogP contribution in [0.1, 0.15) is 5.56 Å². The fraction of sp³-hybridized carbons (Fsp3) is 0.176. The highest BCUT2D eigenvalue weighted by molar-refractivity contribution is 7.98. The van der Waals surface area contributed by atoms with Crippen molar-refractivity contribution >= 4 is 11.8 Å². The summed E-state index contributed by atoms with van der Waals surface area (Å²) in [5.74, 6) is 1.52. The van der Waals surface area contributed by atoms with Crippen molar-refractivity contribution in [1.82, 2.24) is 14.5 Å². The van der Waals surface area contributed by atoms with Crippen LogP contribution in [0.5, 0.6) is 5.88 Å². The first-order chi connectivity index (χ1) is 10.7. The van der Waals surface area contributed by atoms with Crippen LogP contribution < -0.4 is 4.74 Å². The van der Waals surface area contributed by atoms with E-state index in [9.17, 15) is 0 Å². The van der Waals surface area contributed by atoms with Crippen molar-refractivity contribution in [2.24, 2.45) is 7.05 Å². The Kier molecular flexibility index (Phi) is 4.44. The highest BCUT2D eigenvalue weighted by atomic mass is 32.2. The zero-order valence-electron chi connectivity index (χ0n) is 12.6. The van der Waals surface area contributed by atoms with Gasteiger partial charge in [-0.15, -0.1) is 11.8 Å². The van der Waals surface area contributed by atoms with Gasteiger partial charge in [-0.3, -0.25) is 0 Å². The highest BCUT2D eigenvalue weighted by Gasteiger charge is 2.08. The molecule has 1 aromatic carbocycles. The normalized spacial score (nSPS) is 10.6. The van der Waals surface area contributed by atoms with E-state index >= 15 is 0 Å². The predicted octanol–water partition coefficient (Wildman–Crippen LogP) is 3.78. The third kappa shape index (κ3) is 3.49. The minimum absolute atomic E-state index is 0.610. The first-order valence-electron chi connectivity index (χ1n) is 6.96. The average molecular weight is 311 g/mol. The van der Waals surface area contributed by atoms with E-state index in [2.05, 4.69) is 40.3 Å². The molecule has 0 bridgehead atoms. The van der Waals surface area contributed by atoms with Gasteiger partial charge in [-0.25, -0.2) is 9.97 Å². The zero-order chi connectivity index (χ0) is 15.4. The number of benzene rings is 1. The summed E-state index contributed by atoms with van der Waals surface area (Å²) < 4.78 is 7.23. The molecular weight excluding hydrogens is 294 g/mol. The maximum Gasteiger partial charge on any atom is 0.214 e. The molecule has 0 spiro atoms. The standard InChI is InChI=1S/C17H17N3OS/c1-20-10-16(18-12-20)15-8-14(9-17(19-15)21-2)22-11-13-6-4-3-5-7-13/h3-10,12H,11H2,1-2H3. The first-order valence-corrected chi connectivity index (χ1v) is 7.94. The lowest BCUT2D eigenvalue weighted by atomic mass is 10.2. The molecule has 0 N–H and O–H groups in total. The van der Waals surface area contributed by atoms with Crippen LogP contribution in [0.2, 0.25) is 0 Å². The highest BCUT2D eigenvalue weighted by Crippen LogP contribution is 2.29. The lowest BCUT2D eigenvalue weighted by Crippen LogP contribution is -1.92. The number of hydrogen-bond acceptors (Lipinski definition) is 4. The number of hydrogen-bond donors (Lipinski definition) is 0. The van der Waals surface area contributed by atoms with E-state index in [-0.39, 0.29) is 0 Å². The van der Waals surface area contributed by atoms with Gasteiger partial charge in [-0.05, 0) is 11.6 Å².